The van der Waals surface area contributed by atoms with Crippen molar-refractivity contribution in [1.82, 2.24) is 5.48 Å². The molecule has 2 N–H and O–H groups in total. The maximum absolute atomic E-state index is 11.2. The summed E-state index contributed by atoms with van der Waals surface area (Å²) in [5.74, 6) is 1.03. The Labute approximate surface area is 173 Å². The van der Waals surface area contributed by atoms with Crippen molar-refractivity contribution in [3.8, 4) is 5.75 Å². The number of carbonyl (C=O) groups excluding carboxylic acids is 1. The van der Waals surface area contributed by atoms with Gasteiger partial charge in [0, 0.05) is 11.1 Å². The molecule has 156 valence electrons. The summed E-state index contributed by atoms with van der Waals surface area (Å²) in [6.07, 6.45) is 11.0. The Bertz CT molecular complexity index is 757. The summed E-state index contributed by atoms with van der Waals surface area (Å²) in [5.41, 5.74) is 3.74. The molecule has 0 heterocycles. The van der Waals surface area contributed by atoms with E-state index in [2.05, 4.69) is 17.4 Å². The molecule has 29 heavy (non-hydrogen) atoms. The molecule has 0 saturated carbocycles. The van der Waals surface area contributed by atoms with Crippen molar-refractivity contribution >= 4 is 17.8 Å². The number of benzene rings is 2. The molecule has 0 aliphatic rings. The maximum Gasteiger partial charge on any atom is 0.158 e. The summed E-state index contributed by atoms with van der Waals surface area (Å²) in [7, 11) is 0. The second-order valence-corrected chi connectivity index (χ2v) is 7.09. The molecule has 0 spiro atoms. The zero-order valence-corrected chi connectivity index (χ0v) is 17.3. The molecule has 5 nitrogen and oxygen atoms in total. The minimum Gasteiger partial charge on any atom is -0.494 e. The van der Waals surface area contributed by atoms with Gasteiger partial charge in [0.25, 0.3) is 0 Å². The second-order valence-electron chi connectivity index (χ2n) is 7.09. The van der Waals surface area contributed by atoms with Gasteiger partial charge in [0.05, 0.1) is 12.3 Å². The van der Waals surface area contributed by atoms with Gasteiger partial charge in [-0.3, -0.25) is 15.5 Å². The normalized spacial score (nSPS) is 11.3. The molecule has 0 aliphatic carbocycles. The van der Waals surface area contributed by atoms with Crippen molar-refractivity contribution in [3.63, 3.8) is 0 Å². The molecule has 2 aromatic rings. The van der Waals surface area contributed by atoms with E-state index in [1.807, 2.05) is 24.3 Å². The quantitative estimate of drug-likeness (QED) is 0.142. The fraction of sp³-hybridized carbons (Fsp3) is 0.417. The van der Waals surface area contributed by atoms with Crippen LogP contribution in [0.2, 0.25) is 0 Å². The zero-order valence-electron chi connectivity index (χ0n) is 17.3. The lowest BCUT2D eigenvalue weighted by molar-refractivity contribution is 0.112. The third-order valence-corrected chi connectivity index (χ3v) is 4.79. The monoisotopic (exact) mass is 396 g/mol. The van der Waals surface area contributed by atoms with Crippen LogP contribution >= 0.6 is 0 Å². The van der Waals surface area contributed by atoms with Crippen LogP contribution < -0.4 is 10.2 Å². The summed E-state index contributed by atoms with van der Waals surface area (Å²) in [6.45, 7) is 2.96. The highest BCUT2D eigenvalue weighted by molar-refractivity contribution is 6.05. The molecule has 2 aromatic carbocycles. The predicted molar refractivity (Wildman–Crippen MR) is 117 cm³/mol. The van der Waals surface area contributed by atoms with Gasteiger partial charge in [0.15, 0.2) is 12.1 Å². The number of hydrogen-bond donors (Lipinski definition) is 2. The average molecular weight is 397 g/mol. The number of hydrogen-bond acceptors (Lipinski definition) is 4. The molecule has 0 atom stereocenters. The third kappa shape index (κ3) is 8.08. The first-order chi connectivity index (χ1) is 14.3. The van der Waals surface area contributed by atoms with Crippen LogP contribution in [0, 0.1) is 0 Å². The van der Waals surface area contributed by atoms with Gasteiger partial charge in [-0.1, -0.05) is 76.1 Å². The molecule has 2 rings (SSSR count). The fourth-order valence-corrected chi connectivity index (χ4v) is 3.13. The van der Waals surface area contributed by atoms with Gasteiger partial charge in [-0.05, 0) is 30.7 Å². The van der Waals surface area contributed by atoms with Crippen molar-refractivity contribution in [2.75, 3.05) is 6.61 Å². The van der Waals surface area contributed by atoms with E-state index in [9.17, 15) is 10.0 Å². The summed E-state index contributed by atoms with van der Waals surface area (Å²) < 4.78 is 5.80. The van der Waals surface area contributed by atoms with Crippen LogP contribution in [-0.2, 0) is 0 Å². The van der Waals surface area contributed by atoms with Crippen molar-refractivity contribution in [2.45, 2.75) is 58.3 Å². The Hall–Kier alpha value is -2.66. The maximum atomic E-state index is 11.2. The fourth-order valence-electron chi connectivity index (χ4n) is 3.13. The van der Waals surface area contributed by atoms with E-state index in [4.69, 9.17) is 4.74 Å². The van der Waals surface area contributed by atoms with Gasteiger partial charge >= 0.3 is 0 Å². The van der Waals surface area contributed by atoms with E-state index in [1.54, 1.807) is 24.3 Å². The molecular weight excluding hydrogens is 364 g/mol. The molecule has 0 aromatic heterocycles. The SMILES string of the molecule is CCCCCCCCCCOc1ccc(N=C(NO)c2ccccc2C=O)cc1. The van der Waals surface area contributed by atoms with Crippen molar-refractivity contribution in [2.24, 2.45) is 4.99 Å². The molecule has 0 unspecified atom stereocenters. The molecule has 0 saturated heterocycles. The van der Waals surface area contributed by atoms with Crippen LogP contribution in [0.3, 0.4) is 0 Å². The number of carbonyl (C=O) groups is 1. The van der Waals surface area contributed by atoms with E-state index in [0.29, 0.717) is 23.4 Å². The minimum absolute atomic E-state index is 0.223. The standard InChI is InChI=1S/C24H32N2O3/c1-2-3-4-5-6-7-8-11-18-29-22-16-14-21(15-17-22)25-24(26-28)23-13-10-9-12-20(23)19-27/h9-10,12-17,19,28H,2-8,11,18H2,1H3,(H,25,26). The van der Waals surface area contributed by atoms with Gasteiger partial charge < -0.3 is 4.74 Å². The van der Waals surface area contributed by atoms with Crippen LogP contribution in [0.4, 0.5) is 5.69 Å². The lowest BCUT2D eigenvalue weighted by Gasteiger charge is -2.09. The van der Waals surface area contributed by atoms with E-state index in [1.165, 1.54) is 44.9 Å². The number of aldehydes is 1. The van der Waals surface area contributed by atoms with E-state index in [0.717, 1.165) is 18.5 Å². The lowest BCUT2D eigenvalue weighted by Crippen LogP contribution is -2.21. The zero-order chi connectivity index (χ0) is 20.7. The third-order valence-electron chi connectivity index (χ3n) is 4.79. The van der Waals surface area contributed by atoms with Gasteiger partial charge in [-0.2, -0.15) is 0 Å². The van der Waals surface area contributed by atoms with E-state index in [-0.39, 0.29) is 5.84 Å². The summed E-state index contributed by atoms with van der Waals surface area (Å²) >= 11 is 0. The van der Waals surface area contributed by atoms with Gasteiger partial charge in [0.2, 0.25) is 0 Å². The number of rotatable bonds is 13. The Balaban J connectivity index is 1.80. The van der Waals surface area contributed by atoms with Crippen molar-refractivity contribution in [1.29, 1.82) is 0 Å². The lowest BCUT2D eigenvalue weighted by atomic mass is 10.1. The van der Waals surface area contributed by atoms with Gasteiger partial charge in [-0.15, -0.1) is 0 Å². The van der Waals surface area contributed by atoms with E-state index >= 15 is 0 Å². The number of hydroxylamine groups is 1. The number of aliphatic imine (C=N–C) groups is 1. The summed E-state index contributed by atoms with van der Waals surface area (Å²) in [4.78, 5) is 15.6. The predicted octanol–water partition coefficient (Wildman–Crippen LogP) is 6.08. The van der Waals surface area contributed by atoms with Crippen LogP contribution in [0.15, 0.2) is 53.5 Å². The average Bonchev–Trinajstić information content (AvgIpc) is 2.77. The highest BCUT2D eigenvalue weighted by atomic mass is 16.5. The number of amidine groups is 1. The Morgan fingerprint density at radius 1 is 0.966 bits per heavy atom. The molecule has 0 radical (unpaired) electrons. The highest BCUT2D eigenvalue weighted by Crippen LogP contribution is 2.20. The Morgan fingerprint density at radius 3 is 2.28 bits per heavy atom. The number of nitrogens with zero attached hydrogens (tertiary/aromatic N) is 1. The van der Waals surface area contributed by atoms with Crippen LogP contribution in [0.1, 0.15) is 74.2 Å². The number of nitrogens with one attached hydrogen (secondary N) is 1. The highest BCUT2D eigenvalue weighted by Gasteiger charge is 2.08. The molecular formula is C24H32N2O3. The number of unbranched alkanes of at least 4 members (excludes halogenated alkanes) is 7. The smallest absolute Gasteiger partial charge is 0.158 e. The van der Waals surface area contributed by atoms with Crippen LogP contribution in [0.5, 0.6) is 5.75 Å². The first-order valence-corrected chi connectivity index (χ1v) is 10.5. The molecule has 0 fully saturated rings. The Kier molecular flexibility index (Phi) is 10.5. The van der Waals surface area contributed by atoms with Gasteiger partial charge in [0.1, 0.15) is 5.75 Å². The summed E-state index contributed by atoms with van der Waals surface area (Å²) in [5, 5.41) is 9.44. The summed E-state index contributed by atoms with van der Waals surface area (Å²) in [6, 6.07) is 14.3. The topological polar surface area (TPSA) is 70.9 Å². The number of ether oxygens (including phenoxy) is 1. The van der Waals surface area contributed by atoms with Gasteiger partial charge in [-0.25, -0.2) is 4.99 Å². The molecule has 5 heteroatoms. The second kappa shape index (κ2) is 13.5. The molecule has 0 aliphatic heterocycles. The minimum atomic E-state index is 0.223. The first-order valence-electron chi connectivity index (χ1n) is 10.5. The Morgan fingerprint density at radius 2 is 1.62 bits per heavy atom. The largest absolute Gasteiger partial charge is 0.494 e. The van der Waals surface area contributed by atoms with Crippen LogP contribution in [0.25, 0.3) is 0 Å². The first kappa shape index (κ1) is 22.6. The molecule has 0 amide bonds. The van der Waals surface area contributed by atoms with Crippen molar-refractivity contribution < 1.29 is 14.7 Å². The van der Waals surface area contributed by atoms with Crippen LogP contribution in [-0.4, -0.2) is 23.9 Å². The van der Waals surface area contributed by atoms with Crippen molar-refractivity contribution in [3.05, 3.63) is 59.7 Å². The molecule has 0 bridgehead atoms. The van der Waals surface area contributed by atoms with E-state index < -0.39 is 0 Å².